The Morgan fingerprint density at radius 3 is 2.17 bits per heavy atom. The smallest absolute Gasteiger partial charge is 0.305 e. The van der Waals surface area contributed by atoms with Gasteiger partial charge in [-0.1, -0.05) is 60.7 Å². The van der Waals surface area contributed by atoms with Gasteiger partial charge >= 0.3 is 5.97 Å². The summed E-state index contributed by atoms with van der Waals surface area (Å²) in [5.41, 5.74) is 2.01. The second-order valence-electron chi connectivity index (χ2n) is 6.48. The molecule has 0 radical (unpaired) electrons. The number of hydrogen-bond acceptors (Lipinski definition) is 4. The zero-order valence-corrected chi connectivity index (χ0v) is 16.2. The van der Waals surface area contributed by atoms with Crippen molar-refractivity contribution in [2.24, 2.45) is 0 Å². The number of benzene rings is 2. The first kappa shape index (κ1) is 20.1. The van der Waals surface area contributed by atoms with Crippen LogP contribution in [0.4, 0.5) is 0 Å². The number of rotatable bonds is 8. The first-order valence-corrected chi connectivity index (χ1v) is 9.39. The van der Waals surface area contributed by atoms with Crippen molar-refractivity contribution >= 4 is 18.0 Å². The Bertz CT molecular complexity index is 921. The van der Waals surface area contributed by atoms with Gasteiger partial charge in [0.05, 0.1) is 19.6 Å². The molecule has 0 fully saturated rings. The number of aryl methyl sites for hydroxylation is 1. The molecule has 0 saturated heterocycles. The standard InChI is InChI=1S/C24H23NO4/c1-28-23(27)17-15-21-13-12-20(29-21)14-16-22(26)25-24(18-8-4-2-5-9-18)19-10-6-3-7-11-19/h2-14,16,24H,15,17H2,1H3,(H,25,26)/b16-14+. The van der Waals surface area contributed by atoms with Crippen molar-refractivity contribution in [3.63, 3.8) is 0 Å². The van der Waals surface area contributed by atoms with Gasteiger partial charge in [-0.3, -0.25) is 9.59 Å². The summed E-state index contributed by atoms with van der Waals surface area (Å²) in [5.74, 6) is 0.707. The molecule has 3 rings (SSSR count). The van der Waals surface area contributed by atoms with E-state index in [9.17, 15) is 9.59 Å². The largest absolute Gasteiger partial charge is 0.469 e. The van der Waals surface area contributed by atoms with E-state index in [4.69, 9.17) is 4.42 Å². The summed E-state index contributed by atoms with van der Waals surface area (Å²) in [6.07, 6.45) is 3.77. The molecule has 148 valence electrons. The molecule has 3 aromatic rings. The lowest BCUT2D eigenvalue weighted by molar-refractivity contribution is -0.140. The summed E-state index contributed by atoms with van der Waals surface area (Å²) in [6, 6.07) is 23.0. The molecule has 29 heavy (non-hydrogen) atoms. The molecule has 1 amide bonds. The van der Waals surface area contributed by atoms with Crippen molar-refractivity contribution in [2.45, 2.75) is 18.9 Å². The van der Waals surface area contributed by atoms with Gasteiger partial charge in [-0.25, -0.2) is 0 Å². The third-order valence-electron chi connectivity index (χ3n) is 4.44. The van der Waals surface area contributed by atoms with Crippen molar-refractivity contribution in [1.29, 1.82) is 0 Å². The molecule has 0 atom stereocenters. The van der Waals surface area contributed by atoms with Gasteiger partial charge in [-0.2, -0.15) is 0 Å². The van der Waals surface area contributed by atoms with Crippen molar-refractivity contribution in [3.8, 4) is 0 Å². The van der Waals surface area contributed by atoms with Crippen LogP contribution in [0.15, 0.2) is 83.3 Å². The minimum atomic E-state index is -0.286. The highest BCUT2D eigenvalue weighted by atomic mass is 16.5. The molecule has 5 heteroatoms. The molecule has 5 nitrogen and oxygen atoms in total. The summed E-state index contributed by atoms with van der Waals surface area (Å²) in [7, 11) is 1.36. The lowest BCUT2D eigenvalue weighted by atomic mass is 9.99. The van der Waals surface area contributed by atoms with Crippen molar-refractivity contribution in [1.82, 2.24) is 5.32 Å². The zero-order valence-electron chi connectivity index (χ0n) is 16.2. The van der Waals surface area contributed by atoms with Crippen molar-refractivity contribution < 1.29 is 18.7 Å². The Hall–Kier alpha value is -3.60. The SMILES string of the molecule is COC(=O)CCc1ccc(/C=C/C(=O)NC(c2ccccc2)c2ccccc2)o1. The molecule has 0 spiro atoms. The Balaban J connectivity index is 1.66. The highest BCUT2D eigenvalue weighted by Crippen LogP contribution is 2.21. The molecule has 1 heterocycles. The molecule has 0 unspecified atom stereocenters. The summed E-state index contributed by atoms with van der Waals surface area (Å²) in [6.45, 7) is 0. The van der Waals surface area contributed by atoms with Crippen LogP contribution in [0.3, 0.4) is 0 Å². The van der Waals surface area contributed by atoms with E-state index in [2.05, 4.69) is 10.1 Å². The average Bonchev–Trinajstić information content (AvgIpc) is 3.23. The number of amides is 1. The average molecular weight is 389 g/mol. The highest BCUT2D eigenvalue weighted by molar-refractivity contribution is 5.91. The monoisotopic (exact) mass is 389 g/mol. The fraction of sp³-hybridized carbons (Fsp3) is 0.167. The van der Waals surface area contributed by atoms with Gasteiger partial charge in [-0.05, 0) is 29.3 Å². The van der Waals surface area contributed by atoms with Gasteiger partial charge in [0.2, 0.25) is 5.91 Å². The van der Waals surface area contributed by atoms with E-state index in [1.165, 1.54) is 13.2 Å². The molecule has 2 aromatic carbocycles. The van der Waals surface area contributed by atoms with Gasteiger partial charge in [0.15, 0.2) is 0 Å². The fourth-order valence-corrected chi connectivity index (χ4v) is 2.94. The maximum absolute atomic E-state index is 12.5. The molecule has 0 aliphatic heterocycles. The quantitative estimate of drug-likeness (QED) is 0.461. The number of carbonyl (C=O) groups is 2. The van der Waals surface area contributed by atoms with E-state index >= 15 is 0 Å². The maximum atomic E-state index is 12.5. The molecule has 1 N–H and O–H groups in total. The summed E-state index contributed by atoms with van der Waals surface area (Å²) < 4.78 is 10.2. The lowest BCUT2D eigenvalue weighted by Gasteiger charge is -2.19. The van der Waals surface area contributed by atoms with Crippen LogP contribution in [0.1, 0.15) is 35.1 Å². The van der Waals surface area contributed by atoms with E-state index in [0.717, 1.165) is 11.1 Å². The molecule has 1 aromatic heterocycles. The zero-order chi connectivity index (χ0) is 20.5. The van der Waals surface area contributed by atoms with E-state index in [-0.39, 0.29) is 24.3 Å². The van der Waals surface area contributed by atoms with E-state index in [1.807, 2.05) is 60.7 Å². The number of hydrogen-bond donors (Lipinski definition) is 1. The van der Waals surface area contributed by atoms with Crippen LogP contribution in [-0.4, -0.2) is 19.0 Å². The van der Waals surface area contributed by atoms with Crippen molar-refractivity contribution in [2.75, 3.05) is 7.11 Å². The van der Waals surface area contributed by atoms with Crippen LogP contribution in [0.25, 0.3) is 6.08 Å². The fourth-order valence-electron chi connectivity index (χ4n) is 2.94. The Kier molecular flexibility index (Phi) is 7.00. The second-order valence-corrected chi connectivity index (χ2v) is 6.48. The highest BCUT2D eigenvalue weighted by Gasteiger charge is 2.15. The summed E-state index contributed by atoms with van der Waals surface area (Å²) in [4.78, 5) is 23.7. The Labute approximate surface area is 170 Å². The van der Waals surface area contributed by atoms with Crippen LogP contribution < -0.4 is 5.32 Å². The molecule has 0 bridgehead atoms. The van der Waals surface area contributed by atoms with Crippen LogP contribution in [0, 0.1) is 0 Å². The van der Waals surface area contributed by atoms with Gasteiger partial charge < -0.3 is 14.5 Å². The normalized spacial score (nSPS) is 11.0. The predicted molar refractivity (Wildman–Crippen MR) is 111 cm³/mol. The topological polar surface area (TPSA) is 68.5 Å². The Morgan fingerprint density at radius 1 is 0.966 bits per heavy atom. The lowest BCUT2D eigenvalue weighted by Crippen LogP contribution is -2.27. The number of ether oxygens (including phenoxy) is 1. The first-order chi connectivity index (χ1) is 14.2. The number of esters is 1. The number of furan rings is 1. The van der Waals surface area contributed by atoms with E-state index in [0.29, 0.717) is 17.9 Å². The predicted octanol–water partition coefficient (Wildman–Crippen LogP) is 4.30. The third-order valence-corrected chi connectivity index (χ3v) is 4.44. The number of carbonyl (C=O) groups excluding carboxylic acids is 2. The molecule has 0 aliphatic carbocycles. The number of nitrogens with one attached hydrogen (secondary N) is 1. The minimum absolute atomic E-state index is 0.227. The van der Waals surface area contributed by atoms with Crippen molar-refractivity contribution in [3.05, 3.63) is 102 Å². The molecule has 0 aliphatic rings. The third kappa shape index (κ3) is 5.94. The van der Waals surface area contributed by atoms with Crippen LogP contribution in [-0.2, 0) is 20.7 Å². The summed E-state index contributed by atoms with van der Waals surface area (Å²) >= 11 is 0. The van der Waals surface area contributed by atoms with Gasteiger partial charge in [-0.15, -0.1) is 0 Å². The molecule has 0 saturated carbocycles. The Morgan fingerprint density at radius 2 is 1.59 bits per heavy atom. The first-order valence-electron chi connectivity index (χ1n) is 9.39. The molecular weight excluding hydrogens is 366 g/mol. The van der Waals surface area contributed by atoms with E-state index < -0.39 is 0 Å². The second kappa shape index (κ2) is 10.1. The summed E-state index contributed by atoms with van der Waals surface area (Å²) in [5, 5.41) is 3.05. The number of methoxy groups -OCH3 is 1. The van der Waals surface area contributed by atoms with Crippen LogP contribution in [0.2, 0.25) is 0 Å². The van der Waals surface area contributed by atoms with Crippen LogP contribution in [0.5, 0.6) is 0 Å². The maximum Gasteiger partial charge on any atom is 0.305 e. The minimum Gasteiger partial charge on any atom is -0.469 e. The molecular formula is C24H23NO4. The van der Waals surface area contributed by atoms with Gasteiger partial charge in [0.1, 0.15) is 11.5 Å². The van der Waals surface area contributed by atoms with E-state index in [1.54, 1.807) is 18.2 Å². The van der Waals surface area contributed by atoms with Gasteiger partial charge in [0.25, 0.3) is 0 Å². The van der Waals surface area contributed by atoms with Gasteiger partial charge in [0, 0.05) is 12.5 Å². The van der Waals surface area contributed by atoms with Crippen LogP contribution >= 0.6 is 0 Å².